The molecule has 0 bridgehead atoms. The molecule has 0 radical (unpaired) electrons. The fraction of sp³-hybridized carbons (Fsp3) is 0.316. The van der Waals surface area contributed by atoms with Crippen molar-refractivity contribution in [3.63, 3.8) is 0 Å². The van der Waals surface area contributed by atoms with Gasteiger partial charge in [-0.25, -0.2) is 4.79 Å². The van der Waals surface area contributed by atoms with E-state index >= 15 is 0 Å². The molecule has 0 aromatic heterocycles. The van der Waals surface area contributed by atoms with E-state index in [1.807, 2.05) is 32.0 Å². The van der Waals surface area contributed by atoms with E-state index in [1.165, 1.54) is 11.1 Å². The molecule has 0 N–H and O–H groups in total. The molecule has 22 heavy (non-hydrogen) atoms. The molecule has 0 fully saturated rings. The van der Waals surface area contributed by atoms with Gasteiger partial charge in [0, 0.05) is 5.02 Å². The fourth-order valence-corrected chi connectivity index (χ4v) is 2.82. The van der Waals surface area contributed by atoms with E-state index in [9.17, 15) is 4.79 Å². The minimum absolute atomic E-state index is 0.268. The Labute approximate surface area is 137 Å². The van der Waals surface area contributed by atoms with Crippen LogP contribution in [0.15, 0.2) is 36.4 Å². The van der Waals surface area contributed by atoms with Crippen molar-refractivity contribution in [3.8, 4) is 0 Å². The molecule has 0 saturated carbocycles. The lowest BCUT2D eigenvalue weighted by atomic mass is 9.96. The number of carbonyl (C=O) groups excluding carboxylic acids is 1. The average molecular weight is 317 g/mol. The van der Waals surface area contributed by atoms with Crippen LogP contribution < -0.4 is 0 Å². The van der Waals surface area contributed by atoms with E-state index in [4.69, 9.17) is 16.3 Å². The highest BCUT2D eigenvalue weighted by Gasteiger charge is 2.10. The van der Waals surface area contributed by atoms with Gasteiger partial charge in [-0.05, 0) is 68.0 Å². The lowest BCUT2D eigenvalue weighted by Gasteiger charge is -2.14. The zero-order chi connectivity index (χ0) is 16.1. The quantitative estimate of drug-likeness (QED) is 0.569. The summed E-state index contributed by atoms with van der Waals surface area (Å²) >= 11 is 6.31. The third kappa shape index (κ3) is 3.89. The van der Waals surface area contributed by atoms with Crippen molar-refractivity contribution in [1.82, 2.24) is 0 Å². The zero-order valence-corrected chi connectivity index (χ0v) is 14.0. The van der Waals surface area contributed by atoms with Gasteiger partial charge in [0.2, 0.25) is 0 Å². The number of hydrogen-bond acceptors (Lipinski definition) is 2. The molecular formula is C19H21ClO2. The summed E-state index contributed by atoms with van der Waals surface area (Å²) in [6, 6.07) is 11.2. The van der Waals surface area contributed by atoms with Crippen LogP contribution in [0.4, 0.5) is 0 Å². The van der Waals surface area contributed by atoms with Crippen LogP contribution in [0, 0.1) is 20.8 Å². The Balaban J connectivity index is 1.90. The van der Waals surface area contributed by atoms with Gasteiger partial charge in [0.15, 0.2) is 0 Å². The molecule has 0 aliphatic rings. The summed E-state index contributed by atoms with van der Waals surface area (Å²) < 4.78 is 5.31. The zero-order valence-electron chi connectivity index (χ0n) is 13.3. The molecule has 0 heterocycles. The molecular weight excluding hydrogens is 296 g/mol. The summed E-state index contributed by atoms with van der Waals surface area (Å²) in [7, 11) is 0. The second kappa shape index (κ2) is 7.46. The topological polar surface area (TPSA) is 26.3 Å². The Morgan fingerprint density at radius 1 is 1.09 bits per heavy atom. The van der Waals surface area contributed by atoms with Crippen molar-refractivity contribution in [2.75, 3.05) is 6.61 Å². The summed E-state index contributed by atoms with van der Waals surface area (Å²) in [6.45, 7) is 6.58. The molecule has 0 saturated heterocycles. The highest BCUT2D eigenvalue weighted by molar-refractivity contribution is 6.32. The van der Waals surface area contributed by atoms with Gasteiger partial charge >= 0.3 is 5.97 Å². The van der Waals surface area contributed by atoms with E-state index in [-0.39, 0.29) is 5.97 Å². The van der Waals surface area contributed by atoms with Crippen molar-refractivity contribution in [3.05, 3.63) is 69.2 Å². The van der Waals surface area contributed by atoms with Gasteiger partial charge in [0.05, 0.1) is 12.2 Å². The smallest absolute Gasteiger partial charge is 0.338 e. The predicted octanol–water partition coefficient (Wildman–Crippen LogP) is 5.05. The van der Waals surface area contributed by atoms with E-state index in [0.29, 0.717) is 12.2 Å². The van der Waals surface area contributed by atoms with Gasteiger partial charge in [-0.1, -0.05) is 35.9 Å². The van der Waals surface area contributed by atoms with E-state index in [0.717, 1.165) is 29.0 Å². The largest absolute Gasteiger partial charge is 0.462 e. The van der Waals surface area contributed by atoms with Crippen LogP contribution in [0.25, 0.3) is 0 Å². The van der Waals surface area contributed by atoms with E-state index in [1.54, 1.807) is 12.1 Å². The number of benzene rings is 2. The SMILES string of the molecule is Cc1cc(C)c(CCCOC(=O)c2ccccc2)c(C)c1Cl. The first kappa shape index (κ1) is 16.6. The van der Waals surface area contributed by atoms with E-state index < -0.39 is 0 Å². The molecule has 2 nitrogen and oxygen atoms in total. The van der Waals surface area contributed by atoms with E-state index in [2.05, 4.69) is 13.0 Å². The first-order valence-electron chi connectivity index (χ1n) is 7.48. The minimum Gasteiger partial charge on any atom is -0.462 e. The van der Waals surface area contributed by atoms with Crippen LogP contribution in [-0.4, -0.2) is 12.6 Å². The number of hydrogen-bond donors (Lipinski definition) is 0. The first-order valence-corrected chi connectivity index (χ1v) is 7.86. The predicted molar refractivity (Wildman–Crippen MR) is 90.7 cm³/mol. The van der Waals surface area contributed by atoms with Crippen LogP contribution in [0.2, 0.25) is 5.02 Å². The van der Waals surface area contributed by atoms with Gasteiger partial charge in [-0.2, -0.15) is 0 Å². The Kier molecular flexibility index (Phi) is 5.62. The monoisotopic (exact) mass is 316 g/mol. The highest BCUT2D eigenvalue weighted by atomic mass is 35.5. The maximum absolute atomic E-state index is 11.8. The van der Waals surface area contributed by atoms with Crippen LogP contribution in [0.3, 0.4) is 0 Å². The Bertz CT molecular complexity index is 663. The third-order valence-corrected chi connectivity index (χ3v) is 4.43. The second-order valence-corrected chi connectivity index (χ2v) is 5.91. The fourth-order valence-electron chi connectivity index (χ4n) is 2.66. The lowest BCUT2D eigenvalue weighted by molar-refractivity contribution is 0.0500. The first-order chi connectivity index (χ1) is 10.5. The molecule has 2 aromatic rings. The number of esters is 1. The Morgan fingerprint density at radius 2 is 1.77 bits per heavy atom. The molecule has 2 rings (SSSR count). The number of ether oxygens (including phenoxy) is 1. The summed E-state index contributed by atoms with van der Waals surface area (Å²) in [4.78, 5) is 11.8. The van der Waals surface area contributed by atoms with Crippen molar-refractivity contribution < 1.29 is 9.53 Å². The highest BCUT2D eigenvalue weighted by Crippen LogP contribution is 2.27. The molecule has 0 atom stereocenters. The molecule has 0 aliphatic heterocycles. The Morgan fingerprint density at radius 3 is 2.45 bits per heavy atom. The molecule has 0 aliphatic carbocycles. The number of carbonyl (C=O) groups is 1. The molecule has 0 unspecified atom stereocenters. The normalized spacial score (nSPS) is 10.5. The van der Waals surface area contributed by atoms with Gasteiger partial charge < -0.3 is 4.74 Å². The van der Waals surface area contributed by atoms with Gasteiger partial charge in [0.1, 0.15) is 0 Å². The number of rotatable bonds is 5. The average Bonchev–Trinajstić information content (AvgIpc) is 2.52. The molecule has 2 aromatic carbocycles. The summed E-state index contributed by atoms with van der Waals surface area (Å²) in [5, 5.41) is 0.835. The number of aryl methyl sites for hydroxylation is 2. The Hall–Kier alpha value is -1.80. The summed E-state index contributed by atoms with van der Waals surface area (Å²) in [5.41, 5.74) is 5.33. The molecule has 116 valence electrons. The van der Waals surface area contributed by atoms with Crippen molar-refractivity contribution >= 4 is 17.6 Å². The molecule has 3 heteroatoms. The van der Waals surface area contributed by atoms with Crippen LogP contribution in [-0.2, 0) is 11.2 Å². The standard InChI is InChI=1S/C19H21ClO2/c1-13-12-14(2)18(20)15(3)17(13)10-7-11-22-19(21)16-8-5-4-6-9-16/h4-6,8-9,12H,7,10-11H2,1-3H3. The van der Waals surface area contributed by atoms with Gasteiger partial charge in [-0.15, -0.1) is 0 Å². The molecule has 0 amide bonds. The maximum atomic E-state index is 11.8. The van der Waals surface area contributed by atoms with Gasteiger partial charge in [-0.3, -0.25) is 0 Å². The minimum atomic E-state index is -0.268. The summed E-state index contributed by atoms with van der Waals surface area (Å²) in [5.74, 6) is -0.268. The lowest BCUT2D eigenvalue weighted by Crippen LogP contribution is -2.07. The maximum Gasteiger partial charge on any atom is 0.338 e. The van der Waals surface area contributed by atoms with Crippen molar-refractivity contribution in [2.24, 2.45) is 0 Å². The van der Waals surface area contributed by atoms with Gasteiger partial charge in [0.25, 0.3) is 0 Å². The summed E-state index contributed by atoms with van der Waals surface area (Å²) in [6.07, 6.45) is 1.65. The molecule has 0 spiro atoms. The van der Waals surface area contributed by atoms with Crippen molar-refractivity contribution in [2.45, 2.75) is 33.6 Å². The number of halogens is 1. The second-order valence-electron chi connectivity index (χ2n) is 5.53. The van der Waals surface area contributed by atoms with Crippen LogP contribution in [0.5, 0.6) is 0 Å². The third-order valence-electron chi connectivity index (χ3n) is 3.85. The van der Waals surface area contributed by atoms with Crippen molar-refractivity contribution in [1.29, 1.82) is 0 Å². The van der Waals surface area contributed by atoms with Crippen LogP contribution >= 0.6 is 11.6 Å². The van der Waals surface area contributed by atoms with Crippen LogP contribution in [0.1, 0.15) is 39.0 Å².